The van der Waals surface area contributed by atoms with E-state index < -0.39 is 0 Å². The van der Waals surface area contributed by atoms with Gasteiger partial charge in [-0.3, -0.25) is 9.36 Å². The number of carbonyl (C=O) groups excluding carboxylic acids is 1. The van der Waals surface area contributed by atoms with Crippen LogP contribution < -0.4 is 0 Å². The molecule has 0 saturated heterocycles. The fourth-order valence-corrected chi connectivity index (χ4v) is 1.30. The van der Waals surface area contributed by atoms with Gasteiger partial charge in [0.2, 0.25) is 0 Å². The van der Waals surface area contributed by atoms with E-state index in [1.54, 1.807) is 16.0 Å². The summed E-state index contributed by atoms with van der Waals surface area (Å²) in [6.07, 6.45) is 1.19. The molecule has 0 fully saturated rings. The molecule has 0 aliphatic rings. The molecule has 1 unspecified atom stereocenters. The highest BCUT2D eigenvalue weighted by Crippen LogP contribution is 2.06. The molecule has 88 valence electrons. The smallest absolute Gasteiger partial charge is 0.305 e. The summed E-state index contributed by atoms with van der Waals surface area (Å²) in [5, 5.41) is 0. The van der Waals surface area contributed by atoms with Crippen LogP contribution in [0.4, 0.5) is 0 Å². The molecule has 0 aliphatic carbocycles. The molecule has 1 atom stereocenters. The van der Waals surface area contributed by atoms with Gasteiger partial charge in [-0.15, -0.1) is 0 Å². The molecule has 0 aliphatic heterocycles. The highest BCUT2D eigenvalue weighted by atomic mass is 31.0. The molecule has 0 amide bonds. The lowest BCUT2D eigenvalue weighted by atomic mass is 10.1. The third-order valence-electron chi connectivity index (χ3n) is 1.99. The van der Waals surface area contributed by atoms with Crippen LogP contribution in [0.1, 0.15) is 25.8 Å². The van der Waals surface area contributed by atoms with Crippen LogP contribution in [0.5, 0.6) is 0 Å². The first kappa shape index (κ1) is 14.8. The lowest BCUT2D eigenvalue weighted by molar-refractivity contribution is -0.147. The van der Waals surface area contributed by atoms with Crippen molar-refractivity contribution in [3.63, 3.8) is 0 Å². The van der Waals surface area contributed by atoms with Gasteiger partial charge in [0.1, 0.15) is 15.2 Å². The van der Waals surface area contributed by atoms with Gasteiger partial charge >= 0.3 is 5.97 Å². The number of ether oxygens (including phenoxy) is 1. The summed E-state index contributed by atoms with van der Waals surface area (Å²) in [7, 11) is 1.72. The largest absolute Gasteiger partial charge is 0.462 e. The minimum absolute atomic E-state index is 0.0372. The van der Waals surface area contributed by atoms with Crippen molar-refractivity contribution in [3.8, 4) is 0 Å². The fourth-order valence-electron chi connectivity index (χ4n) is 1.30. The summed E-state index contributed by atoms with van der Waals surface area (Å²) >= 11 is 0. The van der Waals surface area contributed by atoms with E-state index in [0.717, 1.165) is 6.42 Å². The maximum absolute atomic E-state index is 11.0. The van der Waals surface area contributed by atoms with E-state index >= 15 is 0 Å². The molecule has 0 aromatic heterocycles. The van der Waals surface area contributed by atoms with E-state index in [0.29, 0.717) is 6.42 Å². The number of hydrogen-bond donors (Lipinski definition) is 0. The van der Waals surface area contributed by atoms with Crippen LogP contribution in [0.25, 0.3) is 0 Å². The van der Waals surface area contributed by atoms with Crippen molar-refractivity contribution in [2.75, 3.05) is 0 Å². The standard InChI is InChI=1S/C12H16O2.HOP/c1-3-12(13)14-10(2)9-11-7-5-4-6-8-11;1-2/h4-8,10H,3,9H2,1-2H3;2H. The van der Waals surface area contributed by atoms with Crippen LogP contribution in [-0.2, 0) is 20.5 Å². The molecule has 0 spiro atoms. The number of rotatable bonds is 4. The number of esters is 1. The van der Waals surface area contributed by atoms with Crippen LogP contribution >= 0.6 is 9.12 Å². The Labute approximate surface area is 98.4 Å². The first-order valence-electron chi connectivity index (χ1n) is 5.16. The van der Waals surface area contributed by atoms with E-state index in [9.17, 15) is 4.79 Å². The monoisotopic (exact) mass is 240 g/mol. The molecule has 0 heterocycles. The van der Waals surface area contributed by atoms with Crippen LogP contribution in [0, 0.1) is 0 Å². The molecule has 16 heavy (non-hydrogen) atoms. The van der Waals surface area contributed by atoms with Crippen LogP contribution in [0.3, 0.4) is 0 Å². The van der Waals surface area contributed by atoms with Crippen LogP contribution in [0.15, 0.2) is 30.3 Å². The third-order valence-corrected chi connectivity index (χ3v) is 1.99. The van der Waals surface area contributed by atoms with Crippen molar-refractivity contribution in [3.05, 3.63) is 35.9 Å². The zero-order valence-electron chi connectivity index (χ0n) is 9.60. The van der Waals surface area contributed by atoms with E-state index in [1.165, 1.54) is 5.56 Å². The summed E-state index contributed by atoms with van der Waals surface area (Å²) in [4.78, 5) is 11.0. The van der Waals surface area contributed by atoms with E-state index in [-0.39, 0.29) is 12.1 Å². The second-order valence-corrected chi connectivity index (χ2v) is 3.34. The number of hydrogen-bond acceptors (Lipinski definition) is 3. The Balaban J connectivity index is 0.00000106. The van der Waals surface area contributed by atoms with Crippen LogP contribution in [-0.4, -0.2) is 12.1 Å². The third kappa shape index (κ3) is 6.31. The second kappa shape index (κ2) is 9.05. The Morgan fingerprint density at radius 3 is 2.38 bits per heavy atom. The van der Waals surface area contributed by atoms with E-state index in [2.05, 4.69) is 0 Å². The molecule has 1 aromatic carbocycles. The predicted molar refractivity (Wildman–Crippen MR) is 65.0 cm³/mol. The van der Waals surface area contributed by atoms with Gasteiger partial charge in [-0.05, 0) is 12.5 Å². The fraction of sp³-hybridized carbons (Fsp3) is 0.417. The highest BCUT2D eigenvalue weighted by Gasteiger charge is 2.07. The van der Waals surface area contributed by atoms with E-state index in [1.807, 2.05) is 37.3 Å². The average Bonchev–Trinajstić information content (AvgIpc) is 2.32. The van der Waals surface area contributed by atoms with Gasteiger partial charge < -0.3 is 4.74 Å². The molecule has 0 saturated carbocycles. The van der Waals surface area contributed by atoms with Gasteiger partial charge in [0.15, 0.2) is 0 Å². The zero-order valence-corrected chi connectivity index (χ0v) is 10.6. The molecule has 0 radical (unpaired) electrons. The first-order chi connectivity index (χ1) is 7.72. The molecular weight excluding hydrogens is 223 g/mol. The Morgan fingerprint density at radius 2 is 1.88 bits per heavy atom. The van der Waals surface area contributed by atoms with Crippen molar-refractivity contribution in [1.29, 1.82) is 0 Å². The molecule has 4 heteroatoms. The summed E-state index contributed by atoms with van der Waals surface area (Å²) in [6, 6.07) is 10.0. The van der Waals surface area contributed by atoms with Crippen molar-refractivity contribution in [2.45, 2.75) is 32.8 Å². The quantitative estimate of drug-likeness (QED) is 0.600. The summed E-state index contributed by atoms with van der Waals surface area (Å²) in [5.74, 6) is -0.131. The molecule has 1 rings (SSSR count). The summed E-state index contributed by atoms with van der Waals surface area (Å²) in [5.41, 5.74) is 1.20. The SMILES string of the molecule is CCC(=O)OC(C)Cc1ccccc1.O=P. The van der Waals surface area contributed by atoms with Crippen molar-refractivity contribution >= 4 is 15.1 Å². The lowest BCUT2D eigenvalue weighted by Crippen LogP contribution is -2.16. The summed E-state index contributed by atoms with van der Waals surface area (Å²) in [6.45, 7) is 3.72. The minimum Gasteiger partial charge on any atom is -0.462 e. The normalized spacial score (nSPS) is 10.9. The minimum atomic E-state index is -0.131. The second-order valence-electron chi connectivity index (χ2n) is 3.34. The van der Waals surface area contributed by atoms with Crippen LogP contribution in [0.2, 0.25) is 0 Å². The van der Waals surface area contributed by atoms with Crippen molar-refractivity contribution < 1.29 is 14.1 Å². The van der Waals surface area contributed by atoms with Gasteiger partial charge in [-0.2, -0.15) is 0 Å². The lowest BCUT2D eigenvalue weighted by Gasteiger charge is -2.12. The molecular formula is C12H17O3P. The molecule has 0 bridgehead atoms. The van der Waals surface area contributed by atoms with Crippen molar-refractivity contribution in [2.24, 2.45) is 0 Å². The van der Waals surface area contributed by atoms with Gasteiger partial charge in [-0.1, -0.05) is 37.3 Å². The molecule has 3 nitrogen and oxygen atoms in total. The average molecular weight is 240 g/mol. The zero-order chi connectivity index (χ0) is 12.4. The van der Waals surface area contributed by atoms with Gasteiger partial charge in [0, 0.05) is 12.8 Å². The molecule has 1 aromatic rings. The van der Waals surface area contributed by atoms with Gasteiger partial charge in [0.25, 0.3) is 0 Å². The van der Waals surface area contributed by atoms with Gasteiger partial charge in [0.05, 0.1) is 0 Å². The Bertz CT molecular complexity index is 300. The summed E-state index contributed by atoms with van der Waals surface area (Å²) < 4.78 is 13.2. The topological polar surface area (TPSA) is 43.4 Å². The Hall–Kier alpha value is -1.21. The highest BCUT2D eigenvalue weighted by molar-refractivity contribution is 7.00. The Kier molecular flexibility index (Phi) is 8.36. The molecule has 0 N–H and O–H groups in total. The van der Waals surface area contributed by atoms with Gasteiger partial charge in [-0.25, -0.2) is 0 Å². The first-order valence-corrected chi connectivity index (χ1v) is 5.57. The van der Waals surface area contributed by atoms with E-state index in [4.69, 9.17) is 9.30 Å². The maximum atomic E-state index is 11.0. The predicted octanol–water partition coefficient (Wildman–Crippen LogP) is 3.05. The Morgan fingerprint density at radius 1 is 1.31 bits per heavy atom. The number of carbonyl (C=O) groups is 1. The van der Waals surface area contributed by atoms with Crippen molar-refractivity contribution in [1.82, 2.24) is 0 Å². The maximum Gasteiger partial charge on any atom is 0.305 e. The number of benzene rings is 1.